The number of hydrogen-bond donors (Lipinski definition) is 0. The molecule has 0 fully saturated rings. The zero-order valence-corrected chi connectivity index (χ0v) is 10.9. The molecule has 0 bridgehead atoms. The summed E-state index contributed by atoms with van der Waals surface area (Å²) < 4.78 is 0. The monoisotopic (exact) mass is 251 g/mol. The highest BCUT2D eigenvalue weighted by Gasteiger charge is 2.20. The van der Waals surface area contributed by atoms with Crippen LogP contribution in [0.3, 0.4) is 0 Å². The lowest BCUT2D eigenvalue weighted by molar-refractivity contribution is -0.117. The number of rotatable bonds is 4. The standard InChI is InChI=1S/C17H17NO/c19-16(12-14-6-2-1-3-7-14)13-18-11-10-15-8-4-5-9-17(15)18/h1-9H,10-13H2. The zero-order valence-electron chi connectivity index (χ0n) is 10.9. The number of ketones is 1. The van der Waals surface area contributed by atoms with Crippen LogP contribution in [0.15, 0.2) is 54.6 Å². The molecule has 2 aromatic rings. The first-order valence-electron chi connectivity index (χ1n) is 6.71. The summed E-state index contributed by atoms with van der Waals surface area (Å²) in [6.45, 7) is 1.48. The van der Waals surface area contributed by atoms with Crippen LogP contribution in [0.1, 0.15) is 11.1 Å². The molecule has 96 valence electrons. The van der Waals surface area contributed by atoms with Crippen LogP contribution >= 0.6 is 0 Å². The van der Waals surface area contributed by atoms with Crippen LogP contribution < -0.4 is 4.90 Å². The molecule has 0 saturated carbocycles. The van der Waals surface area contributed by atoms with Crippen LogP contribution in [0, 0.1) is 0 Å². The Balaban J connectivity index is 1.65. The minimum atomic E-state index is 0.280. The molecule has 19 heavy (non-hydrogen) atoms. The molecule has 1 aliphatic heterocycles. The Morgan fingerprint density at radius 1 is 1.00 bits per heavy atom. The van der Waals surface area contributed by atoms with Gasteiger partial charge in [0.25, 0.3) is 0 Å². The van der Waals surface area contributed by atoms with Gasteiger partial charge in [0, 0.05) is 18.7 Å². The topological polar surface area (TPSA) is 20.3 Å². The molecule has 0 saturated heterocycles. The summed E-state index contributed by atoms with van der Waals surface area (Å²) in [6, 6.07) is 18.3. The fourth-order valence-electron chi connectivity index (χ4n) is 2.66. The Bertz CT molecular complexity index is 577. The van der Waals surface area contributed by atoms with Gasteiger partial charge in [-0.1, -0.05) is 48.5 Å². The molecule has 0 amide bonds. The number of carbonyl (C=O) groups excluding carboxylic acids is 1. The number of anilines is 1. The van der Waals surface area contributed by atoms with E-state index in [0.29, 0.717) is 13.0 Å². The summed E-state index contributed by atoms with van der Waals surface area (Å²) in [7, 11) is 0. The van der Waals surface area contributed by atoms with E-state index in [4.69, 9.17) is 0 Å². The first kappa shape index (κ1) is 12.0. The average Bonchev–Trinajstić information content (AvgIpc) is 2.83. The van der Waals surface area contributed by atoms with Gasteiger partial charge in [0.05, 0.1) is 6.54 Å². The molecule has 0 aromatic heterocycles. The highest BCUT2D eigenvalue weighted by Crippen LogP contribution is 2.27. The lowest BCUT2D eigenvalue weighted by Gasteiger charge is -2.18. The lowest BCUT2D eigenvalue weighted by atomic mass is 10.1. The smallest absolute Gasteiger partial charge is 0.156 e. The van der Waals surface area contributed by atoms with Crippen LogP contribution in [0.2, 0.25) is 0 Å². The van der Waals surface area contributed by atoms with Crippen molar-refractivity contribution in [3.8, 4) is 0 Å². The molecule has 2 heteroatoms. The largest absolute Gasteiger partial charge is 0.364 e. The number of hydrogen-bond acceptors (Lipinski definition) is 2. The molecule has 0 atom stereocenters. The molecule has 2 aromatic carbocycles. The summed E-state index contributed by atoms with van der Waals surface area (Å²) in [6.07, 6.45) is 1.58. The highest BCUT2D eigenvalue weighted by molar-refractivity contribution is 5.86. The van der Waals surface area contributed by atoms with Crippen molar-refractivity contribution in [3.63, 3.8) is 0 Å². The summed E-state index contributed by atoms with van der Waals surface area (Å²) in [5.74, 6) is 0.280. The third kappa shape index (κ3) is 2.68. The van der Waals surface area contributed by atoms with E-state index in [-0.39, 0.29) is 5.78 Å². The molecule has 3 rings (SSSR count). The van der Waals surface area contributed by atoms with Gasteiger partial charge in [-0.3, -0.25) is 4.79 Å². The Labute approximate surface area is 113 Å². The average molecular weight is 251 g/mol. The van der Waals surface area contributed by atoms with Crippen LogP contribution in [0.4, 0.5) is 5.69 Å². The first-order valence-corrected chi connectivity index (χ1v) is 6.71. The third-order valence-corrected chi connectivity index (χ3v) is 3.59. The maximum absolute atomic E-state index is 12.1. The molecule has 0 spiro atoms. The zero-order chi connectivity index (χ0) is 13.1. The van der Waals surface area contributed by atoms with E-state index in [1.165, 1.54) is 11.3 Å². The van der Waals surface area contributed by atoms with Gasteiger partial charge in [0.2, 0.25) is 0 Å². The van der Waals surface area contributed by atoms with Gasteiger partial charge in [-0.15, -0.1) is 0 Å². The second-order valence-electron chi connectivity index (χ2n) is 5.00. The Kier molecular flexibility index (Phi) is 3.32. The normalized spacial score (nSPS) is 13.4. The van der Waals surface area contributed by atoms with E-state index >= 15 is 0 Å². The Hall–Kier alpha value is -2.09. The summed E-state index contributed by atoms with van der Waals surface area (Å²) in [4.78, 5) is 14.3. The SMILES string of the molecule is O=C(Cc1ccccc1)CN1CCc2ccccc21. The van der Waals surface area contributed by atoms with Crippen LogP contribution in [0.25, 0.3) is 0 Å². The van der Waals surface area contributed by atoms with Gasteiger partial charge in [0.15, 0.2) is 5.78 Å². The van der Waals surface area contributed by atoms with E-state index < -0.39 is 0 Å². The maximum atomic E-state index is 12.1. The van der Waals surface area contributed by atoms with Crippen LogP contribution in [-0.4, -0.2) is 18.9 Å². The minimum Gasteiger partial charge on any atom is -0.364 e. The molecule has 0 N–H and O–H groups in total. The van der Waals surface area contributed by atoms with Gasteiger partial charge in [0.1, 0.15) is 0 Å². The second-order valence-corrected chi connectivity index (χ2v) is 5.00. The van der Waals surface area contributed by atoms with Crippen molar-refractivity contribution < 1.29 is 4.79 Å². The van der Waals surface area contributed by atoms with Crippen molar-refractivity contribution in [1.82, 2.24) is 0 Å². The lowest BCUT2D eigenvalue weighted by Crippen LogP contribution is -2.28. The van der Waals surface area contributed by atoms with Crippen molar-refractivity contribution in [1.29, 1.82) is 0 Å². The predicted molar refractivity (Wildman–Crippen MR) is 77.5 cm³/mol. The Morgan fingerprint density at radius 2 is 1.74 bits per heavy atom. The van der Waals surface area contributed by atoms with Gasteiger partial charge < -0.3 is 4.90 Å². The first-order chi connectivity index (χ1) is 9.33. The summed E-state index contributed by atoms with van der Waals surface area (Å²) in [5.41, 5.74) is 3.68. The summed E-state index contributed by atoms with van der Waals surface area (Å²) >= 11 is 0. The van der Waals surface area contributed by atoms with Gasteiger partial charge in [-0.2, -0.15) is 0 Å². The maximum Gasteiger partial charge on any atom is 0.156 e. The fourth-order valence-corrected chi connectivity index (χ4v) is 2.66. The predicted octanol–water partition coefficient (Wildman–Crippen LogP) is 2.86. The molecule has 0 aliphatic carbocycles. The third-order valence-electron chi connectivity index (χ3n) is 3.59. The van der Waals surface area contributed by atoms with Crippen LogP contribution in [-0.2, 0) is 17.6 Å². The highest BCUT2D eigenvalue weighted by atomic mass is 16.1. The number of para-hydroxylation sites is 1. The van der Waals surface area contributed by atoms with Crippen molar-refractivity contribution >= 4 is 11.5 Å². The minimum absolute atomic E-state index is 0.280. The number of carbonyl (C=O) groups is 1. The van der Waals surface area contributed by atoms with Gasteiger partial charge >= 0.3 is 0 Å². The molecule has 1 heterocycles. The van der Waals surface area contributed by atoms with Crippen molar-refractivity contribution in [3.05, 3.63) is 65.7 Å². The van der Waals surface area contributed by atoms with Crippen molar-refractivity contribution in [2.75, 3.05) is 18.0 Å². The number of Topliss-reactive ketones (excluding diaryl/α,β-unsaturated/α-hetero) is 1. The number of benzene rings is 2. The van der Waals surface area contributed by atoms with Crippen molar-refractivity contribution in [2.24, 2.45) is 0 Å². The Morgan fingerprint density at radius 3 is 2.58 bits per heavy atom. The molecule has 0 radical (unpaired) electrons. The van der Waals surface area contributed by atoms with Gasteiger partial charge in [-0.05, 0) is 23.6 Å². The van der Waals surface area contributed by atoms with E-state index in [1.54, 1.807) is 0 Å². The van der Waals surface area contributed by atoms with E-state index in [9.17, 15) is 4.79 Å². The molecular weight excluding hydrogens is 234 g/mol. The fraction of sp³-hybridized carbons (Fsp3) is 0.235. The van der Waals surface area contributed by atoms with Crippen LogP contribution in [0.5, 0.6) is 0 Å². The number of fused-ring (bicyclic) bond motifs is 1. The second kappa shape index (κ2) is 5.27. The van der Waals surface area contributed by atoms with Gasteiger partial charge in [-0.25, -0.2) is 0 Å². The molecule has 1 aliphatic rings. The molecule has 0 unspecified atom stereocenters. The number of nitrogens with zero attached hydrogens (tertiary/aromatic N) is 1. The quantitative estimate of drug-likeness (QED) is 0.832. The van der Waals surface area contributed by atoms with E-state index in [2.05, 4.69) is 23.1 Å². The van der Waals surface area contributed by atoms with Crippen molar-refractivity contribution in [2.45, 2.75) is 12.8 Å². The molecule has 2 nitrogen and oxygen atoms in total. The van der Waals surface area contributed by atoms with E-state index in [0.717, 1.165) is 18.5 Å². The molecular formula is C17H17NO. The summed E-state index contributed by atoms with van der Waals surface area (Å²) in [5, 5.41) is 0. The van der Waals surface area contributed by atoms with E-state index in [1.807, 2.05) is 36.4 Å².